The first-order chi connectivity index (χ1) is 13.3. The van der Waals surface area contributed by atoms with E-state index in [1.807, 2.05) is 6.07 Å². The number of nitrogens with zero attached hydrogens (tertiary/aromatic N) is 1. The van der Waals surface area contributed by atoms with E-state index in [2.05, 4.69) is 4.98 Å². The number of aliphatic hydroxyl groups is 1. The molecule has 28 heavy (non-hydrogen) atoms. The first-order valence-electron chi connectivity index (χ1n) is 8.60. The maximum atomic E-state index is 12.8. The van der Waals surface area contributed by atoms with Crippen LogP contribution < -0.4 is 9.47 Å². The Morgan fingerprint density at radius 3 is 2.64 bits per heavy atom. The molecule has 0 bridgehead atoms. The van der Waals surface area contributed by atoms with Crippen LogP contribution in [0.2, 0.25) is 5.02 Å². The molecule has 152 valence electrons. The maximum absolute atomic E-state index is 12.8. The fourth-order valence-electron chi connectivity index (χ4n) is 2.83. The Balaban J connectivity index is 1.87. The van der Waals surface area contributed by atoms with Gasteiger partial charge in [0.25, 0.3) is 0 Å². The molecule has 2 atom stereocenters. The Morgan fingerprint density at radius 2 is 2.04 bits per heavy atom. The summed E-state index contributed by atoms with van der Waals surface area (Å²) in [6.07, 6.45) is -3.07. The molecule has 1 N–H and O–H groups in total. The van der Waals surface area contributed by atoms with E-state index in [0.29, 0.717) is 30.9 Å². The van der Waals surface area contributed by atoms with Crippen LogP contribution in [0.15, 0.2) is 30.5 Å². The highest BCUT2D eigenvalue weighted by Gasteiger charge is 2.40. The van der Waals surface area contributed by atoms with Gasteiger partial charge in [0.05, 0.1) is 12.2 Å². The van der Waals surface area contributed by atoms with Gasteiger partial charge < -0.3 is 19.3 Å². The number of rotatable bonds is 8. The Morgan fingerprint density at radius 1 is 1.25 bits per heavy atom. The predicted molar refractivity (Wildman–Crippen MR) is 96.1 cm³/mol. The number of halogens is 4. The Labute approximate surface area is 165 Å². The maximum Gasteiger partial charge on any atom is 0.417 e. The minimum absolute atomic E-state index is 0.0511. The van der Waals surface area contributed by atoms with E-state index in [1.165, 1.54) is 0 Å². The molecule has 9 heteroatoms. The van der Waals surface area contributed by atoms with Crippen molar-refractivity contribution < 1.29 is 32.5 Å². The van der Waals surface area contributed by atoms with Gasteiger partial charge in [-0.1, -0.05) is 17.7 Å². The molecule has 1 aromatic carbocycles. The predicted octanol–water partition coefficient (Wildman–Crippen LogP) is 4.67. The standard InChI is InChI=1S/C19H19ClF3NO4/c1-26-4-5-27-13-2-3-14(15-6-11(15)10-25)17(8-13)28-18-16(20)7-12(9-24-18)19(21,22)23/h2-3,7-9,11,15,25H,4-6,10H2,1H3/t11-,15+/m0/s1. The van der Waals surface area contributed by atoms with Crippen LogP contribution in [0.5, 0.6) is 17.4 Å². The number of aromatic nitrogens is 1. The average Bonchev–Trinajstić information content (AvgIpc) is 3.42. The summed E-state index contributed by atoms with van der Waals surface area (Å²) in [7, 11) is 1.56. The van der Waals surface area contributed by atoms with E-state index >= 15 is 0 Å². The zero-order valence-electron chi connectivity index (χ0n) is 15.0. The normalized spacial score (nSPS) is 18.8. The number of hydrogen-bond donors (Lipinski definition) is 1. The minimum atomic E-state index is -4.54. The van der Waals surface area contributed by atoms with Gasteiger partial charge in [-0.15, -0.1) is 0 Å². The fraction of sp³-hybridized carbons (Fsp3) is 0.421. The highest BCUT2D eigenvalue weighted by molar-refractivity contribution is 6.31. The van der Waals surface area contributed by atoms with Crippen LogP contribution in [0.3, 0.4) is 0 Å². The highest BCUT2D eigenvalue weighted by atomic mass is 35.5. The quantitative estimate of drug-likeness (QED) is 0.633. The number of hydrogen-bond acceptors (Lipinski definition) is 5. The number of pyridine rings is 1. The number of benzene rings is 1. The Kier molecular flexibility index (Phi) is 6.32. The van der Waals surface area contributed by atoms with Crippen LogP contribution in [0, 0.1) is 5.92 Å². The Hall–Kier alpha value is -2.03. The minimum Gasteiger partial charge on any atom is -0.491 e. The van der Waals surface area contributed by atoms with Gasteiger partial charge in [-0.3, -0.25) is 0 Å². The van der Waals surface area contributed by atoms with Crippen molar-refractivity contribution in [3.8, 4) is 17.4 Å². The monoisotopic (exact) mass is 417 g/mol. The summed E-state index contributed by atoms with van der Waals surface area (Å²) in [4.78, 5) is 3.72. The first kappa shape index (κ1) is 20.7. The third-order valence-electron chi connectivity index (χ3n) is 4.44. The molecule has 1 aromatic heterocycles. The van der Waals surface area contributed by atoms with Crippen molar-refractivity contribution in [3.63, 3.8) is 0 Å². The largest absolute Gasteiger partial charge is 0.491 e. The molecular weight excluding hydrogens is 399 g/mol. The van der Waals surface area contributed by atoms with Crippen molar-refractivity contribution in [3.05, 3.63) is 46.6 Å². The molecule has 1 aliphatic rings. The summed E-state index contributed by atoms with van der Waals surface area (Å²) in [5.74, 6) is 0.983. The molecule has 0 radical (unpaired) electrons. The van der Waals surface area contributed by atoms with Crippen LogP contribution in [0.25, 0.3) is 0 Å². The molecule has 1 heterocycles. The summed E-state index contributed by atoms with van der Waals surface area (Å²) < 4.78 is 54.6. The van der Waals surface area contributed by atoms with Crippen molar-refractivity contribution in [1.82, 2.24) is 4.98 Å². The second-order valence-corrected chi connectivity index (χ2v) is 6.84. The van der Waals surface area contributed by atoms with Crippen LogP contribution in [0.1, 0.15) is 23.5 Å². The smallest absolute Gasteiger partial charge is 0.417 e. The molecule has 0 unspecified atom stereocenters. The van der Waals surface area contributed by atoms with E-state index in [1.54, 1.807) is 19.2 Å². The lowest BCUT2D eigenvalue weighted by molar-refractivity contribution is -0.137. The molecule has 0 spiro atoms. The topological polar surface area (TPSA) is 60.8 Å². The zero-order valence-corrected chi connectivity index (χ0v) is 15.8. The first-order valence-corrected chi connectivity index (χ1v) is 8.98. The van der Waals surface area contributed by atoms with Crippen LogP contribution in [-0.4, -0.2) is 37.0 Å². The van der Waals surface area contributed by atoms with Gasteiger partial charge in [-0.2, -0.15) is 13.2 Å². The summed E-state index contributed by atoms with van der Waals surface area (Å²) >= 11 is 5.96. The van der Waals surface area contributed by atoms with Crippen molar-refractivity contribution in [2.45, 2.75) is 18.5 Å². The molecule has 2 aromatic rings. The van der Waals surface area contributed by atoms with E-state index < -0.39 is 11.7 Å². The number of alkyl halides is 3. The SMILES string of the molecule is COCCOc1ccc([C@@H]2C[C@H]2CO)c(Oc2ncc(C(F)(F)F)cc2Cl)c1. The van der Waals surface area contributed by atoms with Crippen LogP contribution >= 0.6 is 11.6 Å². The van der Waals surface area contributed by atoms with E-state index in [9.17, 15) is 18.3 Å². The van der Waals surface area contributed by atoms with Gasteiger partial charge in [0.2, 0.25) is 5.88 Å². The highest BCUT2D eigenvalue weighted by Crippen LogP contribution is 2.51. The van der Waals surface area contributed by atoms with Crippen molar-refractivity contribution in [2.75, 3.05) is 26.9 Å². The summed E-state index contributed by atoms with van der Waals surface area (Å²) in [5.41, 5.74) is -0.139. The molecule has 0 amide bonds. The zero-order chi connectivity index (χ0) is 20.3. The number of ether oxygens (including phenoxy) is 3. The molecule has 0 aliphatic heterocycles. The molecule has 1 fully saturated rings. The van der Waals surface area contributed by atoms with E-state index in [0.717, 1.165) is 18.1 Å². The molecule has 3 rings (SSSR count). The van der Waals surface area contributed by atoms with Crippen LogP contribution in [-0.2, 0) is 10.9 Å². The molecule has 1 saturated carbocycles. The van der Waals surface area contributed by atoms with Gasteiger partial charge in [0, 0.05) is 26.0 Å². The fourth-order valence-corrected chi connectivity index (χ4v) is 3.04. The van der Waals surface area contributed by atoms with Gasteiger partial charge in [-0.25, -0.2) is 4.98 Å². The lowest BCUT2D eigenvalue weighted by Gasteiger charge is -2.15. The van der Waals surface area contributed by atoms with Crippen molar-refractivity contribution in [1.29, 1.82) is 0 Å². The lowest BCUT2D eigenvalue weighted by Crippen LogP contribution is -2.06. The van der Waals surface area contributed by atoms with Gasteiger partial charge in [0.1, 0.15) is 23.1 Å². The lowest BCUT2D eigenvalue weighted by atomic mass is 10.1. The van der Waals surface area contributed by atoms with Crippen molar-refractivity contribution in [2.24, 2.45) is 5.92 Å². The average molecular weight is 418 g/mol. The summed E-state index contributed by atoms with van der Waals surface area (Å²) in [6, 6.07) is 5.99. The third kappa shape index (κ3) is 4.87. The van der Waals surface area contributed by atoms with Gasteiger partial charge >= 0.3 is 6.18 Å². The van der Waals surface area contributed by atoms with E-state index in [-0.39, 0.29) is 29.3 Å². The summed E-state index contributed by atoms with van der Waals surface area (Å²) in [5, 5.41) is 9.10. The number of methoxy groups -OCH3 is 1. The molecular formula is C19H19ClF3NO4. The molecule has 5 nitrogen and oxygen atoms in total. The Bertz CT molecular complexity index is 831. The third-order valence-corrected chi connectivity index (χ3v) is 4.71. The molecule has 1 aliphatic carbocycles. The van der Waals surface area contributed by atoms with Crippen molar-refractivity contribution >= 4 is 11.6 Å². The number of aliphatic hydroxyl groups excluding tert-OH is 1. The summed E-state index contributed by atoms with van der Waals surface area (Å²) in [6.45, 7) is 0.784. The molecule has 0 saturated heterocycles. The van der Waals surface area contributed by atoms with Crippen LogP contribution in [0.4, 0.5) is 13.2 Å². The van der Waals surface area contributed by atoms with E-state index in [4.69, 9.17) is 25.8 Å². The van der Waals surface area contributed by atoms with Gasteiger partial charge in [0.15, 0.2) is 0 Å². The van der Waals surface area contributed by atoms with Gasteiger partial charge in [-0.05, 0) is 36.0 Å². The second-order valence-electron chi connectivity index (χ2n) is 6.44. The second kappa shape index (κ2) is 8.55.